The van der Waals surface area contributed by atoms with Crippen LogP contribution in [-0.2, 0) is 6.54 Å². The maximum Gasteiger partial charge on any atom is 0.117 e. The standard InChI is InChI=1S/C18H14N2S/c1-2-9-15-13(6-1)7-5-8-14(15)12-19-18-16-10-3-4-11-17(16)20-21-18/h1-11,19H,12H2. The minimum atomic E-state index is 0.813. The minimum Gasteiger partial charge on any atom is -0.371 e. The van der Waals surface area contributed by atoms with Crippen LogP contribution in [0.5, 0.6) is 0 Å². The number of fused-ring (bicyclic) bond motifs is 2. The third-order valence-electron chi connectivity index (χ3n) is 3.70. The number of nitrogens with one attached hydrogen (secondary N) is 1. The fourth-order valence-corrected chi connectivity index (χ4v) is 3.40. The second kappa shape index (κ2) is 5.19. The predicted molar refractivity (Wildman–Crippen MR) is 90.9 cm³/mol. The van der Waals surface area contributed by atoms with Gasteiger partial charge in [-0.15, -0.1) is 0 Å². The van der Waals surface area contributed by atoms with E-state index in [1.807, 2.05) is 6.07 Å². The van der Waals surface area contributed by atoms with E-state index in [0.717, 1.165) is 17.1 Å². The van der Waals surface area contributed by atoms with Crippen LogP contribution in [0.1, 0.15) is 5.56 Å². The molecule has 0 radical (unpaired) electrons. The lowest BCUT2D eigenvalue weighted by molar-refractivity contribution is 1.18. The molecule has 1 N–H and O–H groups in total. The number of benzene rings is 3. The number of aromatic nitrogens is 1. The maximum absolute atomic E-state index is 4.47. The lowest BCUT2D eigenvalue weighted by Gasteiger charge is -2.08. The molecule has 1 heterocycles. The molecule has 1 aromatic heterocycles. The van der Waals surface area contributed by atoms with Crippen molar-refractivity contribution in [2.24, 2.45) is 0 Å². The summed E-state index contributed by atoms with van der Waals surface area (Å²) in [5, 5.41) is 8.46. The van der Waals surface area contributed by atoms with E-state index in [2.05, 4.69) is 70.4 Å². The Balaban J connectivity index is 1.67. The molecule has 2 nitrogen and oxygen atoms in total. The van der Waals surface area contributed by atoms with Gasteiger partial charge < -0.3 is 5.32 Å². The Hall–Kier alpha value is -2.39. The molecule has 0 aliphatic heterocycles. The number of anilines is 1. The van der Waals surface area contributed by atoms with Gasteiger partial charge in [-0.25, -0.2) is 0 Å². The SMILES string of the molecule is c1ccc2c(CNc3snc4ccccc34)cccc2c1. The van der Waals surface area contributed by atoms with Gasteiger partial charge in [0.25, 0.3) is 0 Å². The molecular formula is C18H14N2S. The highest BCUT2D eigenvalue weighted by atomic mass is 32.1. The second-order valence-corrected chi connectivity index (χ2v) is 5.79. The molecule has 21 heavy (non-hydrogen) atoms. The van der Waals surface area contributed by atoms with Crippen LogP contribution >= 0.6 is 11.5 Å². The van der Waals surface area contributed by atoms with Gasteiger partial charge >= 0.3 is 0 Å². The summed E-state index contributed by atoms with van der Waals surface area (Å²) in [6.07, 6.45) is 0. The van der Waals surface area contributed by atoms with E-state index in [9.17, 15) is 0 Å². The first-order valence-corrected chi connectivity index (χ1v) is 7.74. The van der Waals surface area contributed by atoms with E-state index < -0.39 is 0 Å². The highest BCUT2D eigenvalue weighted by Crippen LogP contribution is 2.28. The third kappa shape index (κ3) is 2.26. The molecular weight excluding hydrogens is 276 g/mol. The van der Waals surface area contributed by atoms with Crippen LogP contribution in [0.15, 0.2) is 66.7 Å². The number of nitrogens with zero attached hydrogens (tertiary/aromatic N) is 1. The molecule has 4 rings (SSSR count). The first-order chi connectivity index (χ1) is 10.4. The molecule has 102 valence electrons. The third-order valence-corrected chi connectivity index (χ3v) is 4.54. The van der Waals surface area contributed by atoms with Crippen molar-refractivity contribution in [1.29, 1.82) is 0 Å². The van der Waals surface area contributed by atoms with Crippen molar-refractivity contribution in [2.45, 2.75) is 6.54 Å². The predicted octanol–water partition coefficient (Wildman–Crippen LogP) is 5.06. The Morgan fingerprint density at radius 3 is 2.52 bits per heavy atom. The van der Waals surface area contributed by atoms with Crippen molar-refractivity contribution >= 4 is 38.2 Å². The topological polar surface area (TPSA) is 24.9 Å². The molecule has 0 atom stereocenters. The monoisotopic (exact) mass is 290 g/mol. The van der Waals surface area contributed by atoms with Crippen molar-refractivity contribution in [3.05, 3.63) is 72.3 Å². The average molecular weight is 290 g/mol. The molecule has 0 spiro atoms. The van der Waals surface area contributed by atoms with Crippen molar-refractivity contribution in [1.82, 2.24) is 4.37 Å². The summed E-state index contributed by atoms with van der Waals surface area (Å²) in [6.45, 7) is 0.813. The molecule has 0 aliphatic carbocycles. The fourth-order valence-electron chi connectivity index (χ4n) is 2.64. The molecule has 4 aromatic rings. The van der Waals surface area contributed by atoms with Crippen LogP contribution in [-0.4, -0.2) is 4.37 Å². The van der Waals surface area contributed by atoms with E-state index >= 15 is 0 Å². The normalized spacial score (nSPS) is 11.0. The van der Waals surface area contributed by atoms with Crippen molar-refractivity contribution in [2.75, 3.05) is 5.32 Å². The first-order valence-electron chi connectivity index (χ1n) is 6.97. The van der Waals surface area contributed by atoms with Crippen molar-refractivity contribution < 1.29 is 0 Å². The Kier molecular flexibility index (Phi) is 3.05. The Morgan fingerprint density at radius 2 is 1.57 bits per heavy atom. The quantitative estimate of drug-likeness (QED) is 0.570. The van der Waals surface area contributed by atoms with Gasteiger partial charge in [-0.1, -0.05) is 54.6 Å². The van der Waals surface area contributed by atoms with Gasteiger partial charge in [0, 0.05) is 11.9 Å². The summed E-state index contributed by atoms with van der Waals surface area (Å²) >= 11 is 1.53. The zero-order valence-electron chi connectivity index (χ0n) is 11.4. The highest BCUT2D eigenvalue weighted by Gasteiger charge is 2.05. The molecule has 0 saturated carbocycles. The van der Waals surface area contributed by atoms with Crippen LogP contribution in [0.4, 0.5) is 5.00 Å². The van der Waals surface area contributed by atoms with Crippen LogP contribution in [0.2, 0.25) is 0 Å². The van der Waals surface area contributed by atoms with Gasteiger partial charge in [0.05, 0.1) is 5.52 Å². The summed E-state index contributed by atoms with van der Waals surface area (Å²) in [6, 6.07) is 23.2. The maximum atomic E-state index is 4.47. The lowest BCUT2D eigenvalue weighted by atomic mass is 10.0. The van der Waals surface area contributed by atoms with Gasteiger partial charge in [-0.3, -0.25) is 0 Å². The van der Waals surface area contributed by atoms with Crippen LogP contribution < -0.4 is 5.32 Å². The Bertz CT molecular complexity index is 906. The Morgan fingerprint density at radius 1 is 0.810 bits per heavy atom. The summed E-state index contributed by atoms with van der Waals surface area (Å²) in [4.78, 5) is 0. The molecule has 3 aromatic carbocycles. The number of hydrogen-bond donors (Lipinski definition) is 1. The van der Waals surface area contributed by atoms with Gasteiger partial charge in [-0.05, 0) is 40.0 Å². The Labute approximate surface area is 127 Å². The summed E-state index contributed by atoms with van der Waals surface area (Å²) in [5.74, 6) is 0. The molecule has 0 aliphatic rings. The van der Waals surface area contributed by atoms with Crippen molar-refractivity contribution in [3.63, 3.8) is 0 Å². The van der Waals surface area contributed by atoms with Gasteiger partial charge in [0.15, 0.2) is 0 Å². The molecule has 0 unspecified atom stereocenters. The molecule has 0 fully saturated rings. The van der Waals surface area contributed by atoms with Crippen molar-refractivity contribution in [3.8, 4) is 0 Å². The summed E-state index contributed by atoms with van der Waals surface area (Å²) in [5.41, 5.74) is 2.37. The van der Waals surface area contributed by atoms with E-state index in [-0.39, 0.29) is 0 Å². The van der Waals surface area contributed by atoms with Crippen LogP contribution in [0, 0.1) is 0 Å². The first kappa shape index (κ1) is 12.4. The van der Waals surface area contributed by atoms with E-state index in [4.69, 9.17) is 0 Å². The molecule has 0 bridgehead atoms. The summed E-state index contributed by atoms with van der Waals surface area (Å²) < 4.78 is 4.47. The fraction of sp³-hybridized carbons (Fsp3) is 0.0556. The summed E-state index contributed by atoms with van der Waals surface area (Å²) in [7, 11) is 0. The molecule has 3 heteroatoms. The number of hydrogen-bond acceptors (Lipinski definition) is 3. The van der Waals surface area contributed by atoms with E-state index in [1.165, 1.54) is 33.3 Å². The van der Waals surface area contributed by atoms with Gasteiger partial charge in [-0.2, -0.15) is 4.37 Å². The van der Waals surface area contributed by atoms with Gasteiger partial charge in [0.1, 0.15) is 5.00 Å². The van der Waals surface area contributed by atoms with Gasteiger partial charge in [0.2, 0.25) is 0 Å². The highest BCUT2D eigenvalue weighted by molar-refractivity contribution is 7.11. The molecule has 0 saturated heterocycles. The number of rotatable bonds is 3. The largest absolute Gasteiger partial charge is 0.371 e. The van der Waals surface area contributed by atoms with Crippen LogP contribution in [0.25, 0.3) is 21.7 Å². The van der Waals surface area contributed by atoms with E-state index in [1.54, 1.807) is 0 Å². The lowest BCUT2D eigenvalue weighted by Crippen LogP contribution is -1.98. The average Bonchev–Trinajstić information content (AvgIpc) is 2.96. The zero-order chi connectivity index (χ0) is 14.1. The second-order valence-electron chi connectivity index (χ2n) is 5.02. The molecule has 0 amide bonds. The zero-order valence-corrected chi connectivity index (χ0v) is 12.2. The smallest absolute Gasteiger partial charge is 0.117 e. The van der Waals surface area contributed by atoms with E-state index in [0.29, 0.717) is 0 Å². The minimum absolute atomic E-state index is 0.813. The van der Waals surface area contributed by atoms with Crippen LogP contribution in [0.3, 0.4) is 0 Å².